The van der Waals surface area contributed by atoms with E-state index in [1.54, 1.807) is 13.0 Å². The maximum Gasteiger partial charge on any atom is 0.416 e. The van der Waals surface area contributed by atoms with Crippen LogP contribution in [-0.4, -0.2) is 17.0 Å². The van der Waals surface area contributed by atoms with E-state index >= 15 is 0 Å². The zero-order valence-corrected chi connectivity index (χ0v) is 13.3. The lowest BCUT2D eigenvalue weighted by molar-refractivity contribution is -0.141. The largest absolute Gasteiger partial charge is 0.416 e. The van der Waals surface area contributed by atoms with Gasteiger partial charge in [0.15, 0.2) is 0 Å². The van der Waals surface area contributed by atoms with E-state index < -0.39 is 24.5 Å². The van der Waals surface area contributed by atoms with Crippen LogP contribution in [-0.2, 0) is 12.7 Å². The van der Waals surface area contributed by atoms with E-state index in [4.69, 9.17) is 0 Å². The van der Waals surface area contributed by atoms with Gasteiger partial charge in [-0.05, 0) is 44.2 Å². The highest BCUT2D eigenvalue weighted by Crippen LogP contribution is 2.29. The number of hydrazone groups is 1. The van der Waals surface area contributed by atoms with Crippen LogP contribution in [0.2, 0.25) is 0 Å². The Bertz CT molecular complexity index is 754. The number of benzene rings is 1. The first-order valence-corrected chi connectivity index (χ1v) is 7.17. The number of nitrogens with zero attached hydrogens (tertiary/aromatic N) is 2. The minimum Gasteiger partial charge on any atom is -0.339 e. The van der Waals surface area contributed by atoms with Gasteiger partial charge >= 0.3 is 12.4 Å². The number of anilines is 1. The number of aryl methyl sites for hydroxylation is 1. The summed E-state index contributed by atoms with van der Waals surface area (Å²) < 4.78 is 76.2. The molecule has 2 rings (SSSR count). The third-order valence-electron chi connectivity index (χ3n) is 3.56. The van der Waals surface area contributed by atoms with Crippen molar-refractivity contribution in [3.8, 4) is 0 Å². The van der Waals surface area contributed by atoms with E-state index in [0.29, 0.717) is 22.6 Å². The van der Waals surface area contributed by atoms with E-state index in [0.717, 1.165) is 16.7 Å². The molecular weight excluding hydrogens is 348 g/mol. The van der Waals surface area contributed by atoms with Gasteiger partial charge in [0.1, 0.15) is 6.54 Å². The van der Waals surface area contributed by atoms with Gasteiger partial charge < -0.3 is 4.57 Å². The third kappa shape index (κ3) is 5.01. The number of alkyl halides is 6. The highest BCUT2D eigenvalue weighted by Gasteiger charge is 2.30. The second kappa shape index (κ2) is 6.81. The SMILES string of the molecule is Cc1cc(/C=N\Nc2ccc(C(F)(F)F)cc2)c(C)n1CC(F)(F)F. The average Bonchev–Trinajstić information content (AvgIpc) is 2.73. The molecular formula is C16H15F6N3. The Labute approximate surface area is 140 Å². The minimum absolute atomic E-state index is 0.327. The van der Waals surface area contributed by atoms with Gasteiger partial charge in [0.2, 0.25) is 0 Å². The second-order valence-corrected chi connectivity index (χ2v) is 5.47. The predicted octanol–water partition coefficient (Wildman–Crippen LogP) is 5.13. The molecule has 0 saturated heterocycles. The molecule has 1 aromatic heterocycles. The first-order valence-electron chi connectivity index (χ1n) is 7.17. The van der Waals surface area contributed by atoms with E-state index in [9.17, 15) is 26.3 Å². The number of nitrogens with one attached hydrogen (secondary N) is 1. The molecule has 0 bridgehead atoms. The quantitative estimate of drug-likeness (QED) is 0.455. The molecule has 1 heterocycles. The molecule has 0 unspecified atom stereocenters. The predicted molar refractivity (Wildman–Crippen MR) is 82.6 cm³/mol. The van der Waals surface area contributed by atoms with Crippen molar-refractivity contribution in [1.82, 2.24) is 4.57 Å². The molecule has 136 valence electrons. The summed E-state index contributed by atoms with van der Waals surface area (Å²) in [7, 11) is 0. The van der Waals surface area contributed by atoms with Crippen LogP contribution in [0.5, 0.6) is 0 Å². The number of rotatable bonds is 4. The summed E-state index contributed by atoms with van der Waals surface area (Å²) in [6, 6.07) is 5.80. The number of halogens is 6. The first kappa shape index (κ1) is 18.9. The van der Waals surface area contributed by atoms with Gasteiger partial charge in [-0.1, -0.05) is 0 Å². The van der Waals surface area contributed by atoms with Gasteiger partial charge in [0.25, 0.3) is 0 Å². The summed E-state index contributed by atoms with van der Waals surface area (Å²) in [5.74, 6) is 0. The van der Waals surface area contributed by atoms with Gasteiger partial charge in [0.05, 0.1) is 17.5 Å². The van der Waals surface area contributed by atoms with Crippen molar-refractivity contribution in [2.45, 2.75) is 32.7 Å². The fourth-order valence-electron chi connectivity index (χ4n) is 2.29. The van der Waals surface area contributed by atoms with Crippen LogP contribution >= 0.6 is 0 Å². The fourth-order valence-corrected chi connectivity index (χ4v) is 2.29. The maximum atomic E-state index is 12.6. The fraction of sp³-hybridized carbons (Fsp3) is 0.312. The molecule has 0 aliphatic heterocycles. The van der Waals surface area contributed by atoms with Crippen LogP contribution in [0.4, 0.5) is 32.0 Å². The topological polar surface area (TPSA) is 29.3 Å². The zero-order valence-electron chi connectivity index (χ0n) is 13.3. The highest BCUT2D eigenvalue weighted by molar-refractivity contribution is 5.82. The molecule has 0 aliphatic rings. The lowest BCUT2D eigenvalue weighted by Crippen LogP contribution is -2.19. The highest BCUT2D eigenvalue weighted by atomic mass is 19.4. The van der Waals surface area contributed by atoms with Crippen molar-refractivity contribution in [1.29, 1.82) is 0 Å². The van der Waals surface area contributed by atoms with Crippen LogP contribution in [0.25, 0.3) is 0 Å². The van der Waals surface area contributed by atoms with Crippen molar-refractivity contribution in [3.05, 3.63) is 52.8 Å². The van der Waals surface area contributed by atoms with E-state index in [1.165, 1.54) is 25.3 Å². The van der Waals surface area contributed by atoms with E-state index in [1.807, 2.05) is 0 Å². The lowest BCUT2D eigenvalue weighted by Gasteiger charge is -2.12. The second-order valence-electron chi connectivity index (χ2n) is 5.47. The minimum atomic E-state index is -4.42. The summed E-state index contributed by atoms with van der Waals surface area (Å²) in [4.78, 5) is 0. The van der Waals surface area contributed by atoms with Crippen LogP contribution in [0, 0.1) is 13.8 Å². The monoisotopic (exact) mass is 363 g/mol. The Morgan fingerprint density at radius 3 is 2.16 bits per heavy atom. The molecule has 0 amide bonds. The summed E-state index contributed by atoms with van der Waals surface area (Å²) in [5.41, 5.74) is 3.41. The van der Waals surface area contributed by atoms with Crippen LogP contribution in [0.1, 0.15) is 22.5 Å². The van der Waals surface area contributed by atoms with Crippen molar-refractivity contribution in [2.24, 2.45) is 5.10 Å². The third-order valence-corrected chi connectivity index (χ3v) is 3.56. The van der Waals surface area contributed by atoms with Gasteiger partial charge in [-0.25, -0.2) is 0 Å². The normalized spacial score (nSPS) is 12.8. The molecule has 0 aliphatic carbocycles. The summed E-state index contributed by atoms with van der Waals surface area (Å²) in [5, 5.41) is 3.86. The van der Waals surface area contributed by atoms with Crippen molar-refractivity contribution < 1.29 is 26.3 Å². The Kier molecular flexibility index (Phi) is 5.15. The lowest BCUT2D eigenvalue weighted by atomic mass is 10.2. The molecule has 0 saturated carbocycles. The zero-order chi connectivity index (χ0) is 18.8. The van der Waals surface area contributed by atoms with E-state index in [-0.39, 0.29) is 0 Å². The molecule has 2 aromatic rings. The van der Waals surface area contributed by atoms with Crippen LogP contribution < -0.4 is 5.43 Å². The number of hydrogen-bond donors (Lipinski definition) is 1. The van der Waals surface area contributed by atoms with Crippen molar-refractivity contribution >= 4 is 11.9 Å². The van der Waals surface area contributed by atoms with E-state index in [2.05, 4.69) is 10.5 Å². The standard InChI is InChI=1S/C16H15F6N3/c1-10-7-12(11(2)25(10)9-15(17,18)19)8-23-24-14-5-3-13(4-6-14)16(20,21)22/h3-8,24H,9H2,1-2H3/b23-8-. The van der Waals surface area contributed by atoms with Gasteiger partial charge in [-0.15, -0.1) is 0 Å². The van der Waals surface area contributed by atoms with Gasteiger partial charge in [-0.3, -0.25) is 5.43 Å². The Hall–Kier alpha value is -2.45. The Morgan fingerprint density at radius 1 is 1.04 bits per heavy atom. The van der Waals surface area contributed by atoms with Crippen molar-refractivity contribution in [3.63, 3.8) is 0 Å². The summed E-state index contributed by atoms with van der Waals surface area (Å²) in [6.45, 7) is 2.00. The Morgan fingerprint density at radius 2 is 1.64 bits per heavy atom. The molecule has 0 atom stereocenters. The molecule has 3 nitrogen and oxygen atoms in total. The molecule has 1 aromatic carbocycles. The summed E-state index contributed by atoms with van der Waals surface area (Å²) in [6.07, 6.45) is -7.42. The molecule has 0 spiro atoms. The molecule has 9 heteroatoms. The smallest absolute Gasteiger partial charge is 0.339 e. The molecule has 25 heavy (non-hydrogen) atoms. The average molecular weight is 363 g/mol. The molecule has 0 fully saturated rings. The van der Waals surface area contributed by atoms with Crippen LogP contribution in [0.3, 0.4) is 0 Å². The van der Waals surface area contributed by atoms with Gasteiger partial charge in [0, 0.05) is 17.0 Å². The Balaban J connectivity index is 2.09. The maximum absolute atomic E-state index is 12.6. The van der Waals surface area contributed by atoms with Crippen molar-refractivity contribution in [2.75, 3.05) is 5.43 Å². The van der Waals surface area contributed by atoms with Crippen LogP contribution in [0.15, 0.2) is 35.4 Å². The first-order chi connectivity index (χ1) is 11.5. The number of hydrogen-bond acceptors (Lipinski definition) is 2. The summed E-state index contributed by atoms with van der Waals surface area (Å²) >= 11 is 0. The van der Waals surface area contributed by atoms with Gasteiger partial charge in [-0.2, -0.15) is 31.4 Å². The number of aromatic nitrogens is 1. The molecule has 1 N–H and O–H groups in total. The molecule has 0 radical (unpaired) electrons.